The molecule has 0 heterocycles. The Kier molecular flexibility index (Phi) is 7.50. The van der Waals surface area contributed by atoms with Crippen LogP contribution in [0.3, 0.4) is 0 Å². The Balaban J connectivity index is -0.000000180. The smallest absolute Gasteiger partial charge is 1.00 e. The van der Waals surface area contributed by atoms with E-state index in [9.17, 15) is 19.9 Å². The van der Waals surface area contributed by atoms with Crippen molar-refractivity contribution in [3.63, 3.8) is 0 Å². The minimum atomic E-state index is -11.0. The normalized spacial score (nSPS) is 18.0. The molecule has 0 spiro atoms. The molecule has 0 bridgehead atoms. The summed E-state index contributed by atoms with van der Waals surface area (Å²) in [5, 5.41) is 0. The molecular formula is F6K2Ru. The summed E-state index contributed by atoms with van der Waals surface area (Å²) in [6.07, 6.45) is 0. The summed E-state index contributed by atoms with van der Waals surface area (Å²) in [5.74, 6) is 0. The van der Waals surface area contributed by atoms with Crippen molar-refractivity contribution in [1.29, 1.82) is 0 Å². The second-order valence-electron chi connectivity index (χ2n) is 0.758. The fourth-order valence-electron chi connectivity index (χ4n) is 0. The summed E-state index contributed by atoms with van der Waals surface area (Å²) < 4.78 is 59.4. The van der Waals surface area contributed by atoms with E-state index in [0.717, 1.165) is 0 Å². The maximum absolute atomic E-state index is 11.0. The molecule has 52 valence electrons. The first-order valence-electron chi connectivity index (χ1n) is 0.802. The van der Waals surface area contributed by atoms with Gasteiger partial charge in [0.15, 0.2) is 0 Å². The maximum atomic E-state index is 9.90. The van der Waals surface area contributed by atoms with Crippen LogP contribution in [0.5, 0.6) is 0 Å². The van der Waals surface area contributed by atoms with Gasteiger partial charge in [0.1, 0.15) is 0 Å². The predicted octanol–water partition coefficient (Wildman–Crippen LogP) is -3.47. The molecule has 0 aromatic carbocycles. The van der Waals surface area contributed by atoms with Crippen molar-refractivity contribution in [3.8, 4) is 0 Å². The third-order valence-corrected chi connectivity index (χ3v) is 0. The molecule has 0 nitrogen and oxygen atoms in total. The molecule has 9 heavy (non-hydrogen) atoms. The van der Waals surface area contributed by atoms with E-state index in [4.69, 9.17) is 0 Å². The van der Waals surface area contributed by atoms with Crippen LogP contribution in [0.15, 0.2) is 0 Å². The first-order valence-corrected chi connectivity index (χ1v) is 4.74. The number of hydrogen-bond donors (Lipinski definition) is 0. The summed E-state index contributed by atoms with van der Waals surface area (Å²) in [4.78, 5) is 0. The van der Waals surface area contributed by atoms with Gasteiger partial charge in [0.05, 0.1) is 0 Å². The van der Waals surface area contributed by atoms with E-state index < -0.39 is 15.4 Å². The predicted molar refractivity (Wildman–Crippen MR) is 6.65 cm³/mol. The Morgan fingerprint density at radius 2 is 0.556 bits per heavy atom. The Bertz CT molecular complexity index is 69.6. The maximum Gasteiger partial charge on any atom is 1.00 e. The number of rotatable bonds is 0. The van der Waals surface area contributed by atoms with Gasteiger partial charge in [0.2, 0.25) is 0 Å². The van der Waals surface area contributed by atoms with Gasteiger partial charge in [-0.15, -0.1) is 0 Å². The minimum Gasteiger partial charge on any atom is 1.00 e. The van der Waals surface area contributed by atoms with E-state index in [0.29, 0.717) is 0 Å². The molecule has 0 amide bonds. The molecule has 0 rings (SSSR count). The zero-order valence-corrected chi connectivity index (χ0v) is 12.6. The van der Waals surface area contributed by atoms with Crippen LogP contribution < -0.4 is 103 Å². The molecule has 0 aliphatic carbocycles. The van der Waals surface area contributed by atoms with E-state index in [1.807, 2.05) is 0 Å². The van der Waals surface area contributed by atoms with Crippen LogP contribution in [0.1, 0.15) is 0 Å². The van der Waals surface area contributed by atoms with Crippen LogP contribution in [-0.4, -0.2) is 0 Å². The Labute approximate surface area is 134 Å². The molecule has 0 aliphatic heterocycles. The molecule has 0 aliphatic rings. The standard InChI is InChI=1S/6FH.2K.Ru/h6*1H;;;/q;;;;;;2*+1;+4/p-6. The molecule has 0 unspecified atom stereocenters. The van der Waals surface area contributed by atoms with Gasteiger partial charge in [0.25, 0.3) is 0 Å². The minimum absolute atomic E-state index is 0. The van der Waals surface area contributed by atoms with E-state index >= 15 is 0 Å². The van der Waals surface area contributed by atoms with Gasteiger partial charge in [-0.1, -0.05) is 0 Å². The average molecular weight is 293 g/mol. The first kappa shape index (κ1) is 18.3. The van der Waals surface area contributed by atoms with Gasteiger partial charge in [-0.05, 0) is 0 Å². The third-order valence-electron chi connectivity index (χ3n) is 0. The zero-order chi connectivity index (χ0) is 6.41. The summed E-state index contributed by atoms with van der Waals surface area (Å²) in [6.45, 7) is 0. The third kappa shape index (κ3) is 85.3. The SMILES string of the molecule is [F][Ru-2]([F])([F])([F])([F])[F].[K+].[K+]. The van der Waals surface area contributed by atoms with Gasteiger partial charge in [-0.25, -0.2) is 0 Å². The van der Waals surface area contributed by atoms with Crippen molar-refractivity contribution in [2.24, 2.45) is 0 Å². The van der Waals surface area contributed by atoms with Crippen molar-refractivity contribution in [3.05, 3.63) is 0 Å². The van der Waals surface area contributed by atoms with Crippen LogP contribution in [0.25, 0.3) is 0 Å². The molecule has 0 radical (unpaired) electrons. The topological polar surface area (TPSA) is 0 Å². The van der Waals surface area contributed by atoms with Gasteiger partial charge in [-0.2, -0.15) is 0 Å². The summed E-state index contributed by atoms with van der Waals surface area (Å²) in [6, 6.07) is 0. The number of halogens is 6. The Morgan fingerprint density at radius 3 is 0.556 bits per heavy atom. The average Bonchev–Trinajstić information content (AvgIpc) is 0.592. The van der Waals surface area contributed by atoms with Gasteiger partial charge >= 0.3 is 138 Å². The second kappa shape index (κ2) is 3.69. The second-order valence-corrected chi connectivity index (χ2v) is 4.48. The number of hydrogen-bond acceptors (Lipinski definition) is 0. The Morgan fingerprint density at radius 1 is 0.556 bits per heavy atom. The van der Waals surface area contributed by atoms with Crippen molar-refractivity contribution >= 4 is 0 Å². The quantitative estimate of drug-likeness (QED) is 0.322. The molecular weight excluding hydrogens is 293 g/mol. The van der Waals surface area contributed by atoms with Gasteiger partial charge in [-0.3, -0.25) is 0 Å². The van der Waals surface area contributed by atoms with Crippen LogP contribution >= 0.6 is 0 Å². The molecule has 0 saturated heterocycles. The molecule has 0 saturated carbocycles. The van der Waals surface area contributed by atoms with E-state index in [2.05, 4.69) is 0 Å². The molecule has 0 N–H and O–H groups in total. The van der Waals surface area contributed by atoms with Crippen LogP contribution in [0, 0.1) is 0 Å². The summed E-state index contributed by atoms with van der Waals surface area (Å²) >= 11 is -11.0. The molecule has 0 fully saturated rings. The van der Waals surface area contributed by atoms with Crippen molar-refractivity contribution in [2.45, 2.75) is 0 Å². The zero-order valence-electron chi connectivity index (χ0n) is 4.62. The molecule has 9 heteroatoms. The fourth-order valence-corrected chi connectivity index (χ4v) is 0. The van der Waals surface area contributed by atoms with Crippen LogP contribution in [0.2, 0.25) is 0 Å². The largest absolute Gasteiger partial charge is 1.00 e. The first-order chi connectivity index (χ1) is 2.45. The fraction of sp³-hybridized carbons (Fsp3) is 0. The van der Waals surface area contributed by atoms with E-state index in [1.54, 1.807) is 0 Å². The van der Waals surface area contributed by atoms with Gasteiger partial charge < -0.3 is 0 Å². The summed E-state index contributed by atoms with van der Waals surface area (Å²) in [5.41, 5.74) is 0. The van der Waals surface area contributed by atoms with Crippen LogP contribution in [0.4, 0.5) is 19.9 Å². The van der Waals surface area contributed by atoms with Crippen molar-refractivity contribution in [2.75, 3.05) is 0 Å². The molecule has 0 aromatic heterocycles. The van der Waals surface area contributed by atoms with E-state index in [-0.39, 0.29) is 103 Å². The van der Waals surface area contributed by atoms with E-state index in [1.165, 1.54) is 0 Å². The van der Waals surface area contributed by atoms with Crippen LogP contribution in [-0.2, 0) is 15.4 Å². The van der Waals surface area contributed by atoms with Crippen molar-refractivity contribution < 1.29 is 138 Å². The molecule has 0 aromatic rings. The van der Waals surface area contributed by atoms with Gasteiger partial charge in [0, 0.05) is 0 Å². The molecule has 0 atom stereocenters. The van der Waals surface area contributed by atoms with Crippen molar-refractivity contribution in [1.82, 2.24) is 0 Å². The Hall–Kier alpha value is 3.48. The monoisotopic (exact) mass is 294 g/mol. The summed E-state index contributed by atoms with van der Waals surface area (Å²) in [7, 11) is 0.